The predicted octanol–water partition coefficient (Wildman–Crippen LogP) is 4.30. The van der Waals surface area contributed by atoms with Crippen LogP contribution in [-0.4, -0.2) is 45.0 Å². The SMILES string of the molecule is CCN(CC)C(=O)Oc1ccc(C(=O)Nc2ccc(CCNS(=O)(=O)c3ccccc3)cc2)cc1. The number of carbonyl (C=O) groups is 2. The number of amides is 2. The van der Waals surface area contributed by atoms with Gasteiger partial charge in [0.25, 0.3) is 5.91 Å². The number of sulfonamides is 1. The summed E-state index contributed by atoms with van der Waals surface area (Å²) in [4.78, 5) is 26.4. The smallest absolute Gasteiger partial charge is 0.410 e. The Bertz CT molecular complexity index is 1220. The van der Waals surface area contributed by atoms with Crippen LogP contribution in [0.3, 0.4) is 0 Å². The Labute approximate surface area is 206 Å². The topological polar surface area (TPSA) is 105 Å². The molecule has 0 heterocycles. The maximum atomic E-state index is 12.5. The fourth-order valence-corrected chi connectivity index (χ4v) is 4.35. The molecule has 0 saturated carbocycles. The lowest BCUT2D eigenvalue weighted by Crippen LogP contribution is -2.33. The molecule has 0 atom stereocenters. The van der Waals surface area contributed by atoms with Crippen LogP contribution < -0.4 is 14.8 Å². The standard InChI is InChI=1S/C26H29N3O5S/c1-3-29(4-2)26(31)34-23-16-12-21(13-17-23)25(30)28-22-14-10-20(11-15-22)18-19-27-35(32,33)24-8-6-5-7-9-24/h5-17,27H,3-4,18-19H2,1-2H3,(H,28,30). The Hall–Kier alpha value is -3.69. The second-order valence-electron chi connectivity index (χ2n) is 7.68. The Balaban J connectivity index is 1.50. The summed E-state index contributed by atoms with van der Waals surface area (Å²) in [7, 11) is -3.54. The van der Waals surface area contributed by atoms with Gasteiger partial charge in [0.15, 0.2) is 0 Å². The average molecular weight is 496 g/mol. The first-order valence-electron chi connectivity index (χ1n) is 11.3. The van der Waals surface area contributed by atoms with E-state index in [1.54, 1.807) is 71.6 Å². The fraction of sp³-hybridized carbons (Fsp3) is 0.231. The summed E-state index contributed by atoms with van der Waals surface area (Å²) < 4.78 is 32.5. The minimum absolute atomic E-state index is 0.230. The Morgan fingerprint density at radius 1 is 0.857 bits per heavy atom. The lowest BCUT2D eigenvalue weighted by molar-refractivity contribution is 0.102. The first-order chi connectivity index (χ1) is 16.8. The van der Waals surface area contributed by atoms with Gasteiger partial charge < -0.3 is 15.0 Å². The zero-order valence-electron chi connectivity index (χ0n) is 19.7. The summed E-state index contributed by atoms with van der Waals surface area (Å²) in [6, 6.07) is 21.8. The largest absolute Gasteiger partial charge is 0.415 e. The van der Waals surface area contributed by atoms with Crippen LogP contribution in [0.25, 0.3) is 0 Å². The number of nitrogens with zero attached hydrogens (tertiary/aromatic N) is 1. The van der Waals surface area contributed by atoms with Crippen molar-refractivity contribution >= 4 is 27.7 Å². The van der Waals surface area contributed by atoms with Crippen molar-refractivity contribution in [3.8, 4) is 5.75 Å². The van der Waals surface area contributed by atoms with Crippen molar-refractivity contribution in [2.45, 2.75) is 25.2 Å². The van der Waals surface area contributed by atoms with Crippen molar-refractivity contribution < 1.29 is 22.7 Å². The van der Waals surface area contributed by atoms with Crippen molar-refractivity contribution in [3.63, 3.8) is 0 Å². The van der Waals surface area contributed by atoms with E-state index in [0.29, 0.717) is 36.5 Å². The Morgan fingerprint density at radius 3 is 2.09 bits per heavy atom. The van der Waals surface area contributed by atoms with Gasteiger partial charge in [0.1, 0.15) is 5.75 Å². The van der Waals surface area contributed by atoms with Crippen LogP contribution >= 0.6 is 0 Å². The van der Waals surface area contributed by atoms with Gasteiger partial charge in [-0.05, 0) is 74.4 Å². The van der Waals surface area contributed by atoms with Crippen molar-refractivity contribution in [3.05, 3.63) is 90.0 Å². The molecule has 3 rings (SSSR count). The van der Waals surface area contributed by atoms with E-state index < -0.39 is 16.1 Å². The quantitative estimate of drug-likeness (QED) is 0.436. The van der Waals surface area contributed by atoms with Gasteiger partial charge in [0, 0.05) is 30.9 Å². The first-order valence-corrected chi connectivity index (χ1v) is 12.8. The molecule has 8 nitrogen and oxygen atoms in total. The van der Waals surface area contributed by atoms with E-state index in [4.69, 9.17) is 4.74 Å². The number of benzene rings is 3. The highest BCUT2D eigenvalue weighted by molar-refractivity contribution is 7.89. The molecule has 0 unspecified atom stereocenters. The fourth-order valence-electron chi connectivity index (χ4n) is 3.29. The second-order valence-corrected chi connectivity index (χ2v) is 9.44. The molecule has 3 aromatic rings. The lowest BCUT2D eigenvalue weighted by Gasteiger charge is -2.17. The minimum Gasteiger partial charge on any atom is -0.410 e. The highest BCUT2D eigenvalue weighted by Gasteiger charge is 2.14. The third-order valence-electron chi connectivity index (χ3n) is 5.31. The maximum absolute atomic E-state index is 12.5. The molecule has 0 aliphatic carbocycles. The molecule has 0 fully saturated rings. The van der Waals surface area contributed by atoms with Crippen LogP contribution in [0, 0.1) is 0 Å². The van der Waals surface area contributed by atoms with Crippen LogP contribution in [0.15, 0.2) is 83.8 Å². The zero-order valence-corrected chi connectivity index (χ0v) is 20.5. The van der Waals surface area contributed by atoms with Crippen LogP contribution in [0.4, 0.5) is 10.5 Å². The molecule has 0 spiro atoms. The molecule has 0 radical (unpaired) electrons. The molecule has 9 heteroatoms. The first kappa shape index (κ1) is 25.9. The minimum atomic E-state index is -3.54. The molecule has 0 aliphatic heterocycles. The second kappa shape index (κ2) is 12.1. The number of hydrogen-bond donors (Lipinski definition) is 2. The molecule has 2 N–H and O–H groups in total. The third-order valence-corrected chi connectivity index (χ3v) is 6.79. The summed E-state index contributed by atoms with van der Waals surface area (Å²) >= 11 is 0. The van der Waals surface area contributed by atoms with E-state index in [1.807, 2.05) is 26.0 Å². The molecule has 184 valence electrons. The van der Waals surface area contributed by atoms with Gasteiger partial charge >= 0.3 is 6.09 Å². The van der Waals surface area contributed by atoms with E-state index >= 15 is 0 Å². The van der Waals surface area contributed by atoms with Gasteiger partial charge in [0.2, 0.25) is 10.0 Å². The normalized spacial score (nSPS) is 11.0. The molecule has 3 aromatic carbocycles. The van der Waals surface area contributed by atoms with Crippen LogP contribution in [0.1, 0.15) is 29.8 Å². The third kappa shape index (κ3) is 7.40. The van der Waals surface area contributed by atoms with Gasteiger partial charge in [-0.1, -0.05) is 30.3 Å². The van der Waals surface area contributed by atoms with Crippen LogP contribution in [0.2, 0.25) is 0 Å². The van der Waals surface area contributed by atoms with Gasteiger partial charge in [-0.25, -0.2) is 17.9 Å². The van der Waals surface area contributed by atoms with Crippen LogP contribution in [0.5, 0.6) is 5.75 Å². The summed E-state index contributed by atoms with van der Waals surface area (Å²) in [5.41, 5.74) is 1.96. The number of carbonyl (C=O) groups excluding carboxylic acids is 2. The highest BCUT2D eigenvalue weighted by Crippen LogP contribution is 2.16. The molecular formula is C26H29N3O5S. The number of nitrogens with one attached hydrogen (secondary N) is 2. The maximum Gasteiger partial charge on any atom is 0.415 e. The lowest BCUT2D eigenvalue weighted by atomic mass is 10.1. The van der Waals surface area contributed by atoms with E-state index in [0.717, 1.165) is 5.56 Å². The number of rotatable bonds is 10. The van der Waals surface area contributed by atoms with Gasteiger partial charge in [0.05, 0.1) is 4.90 Å². The van der Waals surface area contributed by atoms with E-state index in [-0.39, 0.29) is 17.3 Å². The average Bonchev–Trinajstić information content (AvgIpc) is 2.87. The molecule has 0 aromatic heterocycles. The molecule has 0 saturated heterocycles. The summed E-state index contributed by atoms with van der Waals surface area (Å²) in [5.74, 6) is 0.0701. The van der Waals surface area contributed by atoms with E-state index in [2.05, 4.69) is 10.0 Å². The van der Waals surface area contributed by atoms with E-state index in [1.165, 1.54) is 0 Å². The van der Waals surface area contributed by atoms with Gasteiger partial charge in [-0.3, -0.25) is 4.79 Å². The summed E-state index contributed by atoms with van der Waals surface area (Å²) in [5, 5.41) is 2.82. The summed E-state index contributed by atoms with van der Waals surface area (Å²) in [6.07, 6.45) is 0.0775. The van der Waals surface area contributed by atoms with Gasteiger partial charge in [-0.2, -0.15) is 0 Å². The molecule has 2 amide bonds. The van der Waals surface area contributed by atoms with Crippen LogP contribution in [-0.2, 0) is 16.4 Å². The number of anilines is 1. The van der Waals surface area contributed by atoms with Crippen molar-refractivity contribution in [1.29, 1.82) is 0 Å². The molecule has 0 bridgehead atoms. The molecular weight excluding hydrogens is 466 g/mol. The predicted molar refractivity (Wildman–Crippen MR) is 135 cm³/mol. The molecule has 35 heavy (non-hydrogen) atoms. The van der Waals surface area contributed by atoms with Gasteiger partial charge in [-0.15, -0.1) is 0 Å². The zero-order chi connectivity index (χ0) is 25.3. The highest BCUT2D eigenvalue weighted by atomic mass is 32.2. The van der Waals surface area contributed by atoms with Crippen molar-refractivity contribution in [2.75, 3.05) is 25.0 Å². The van der Waals surface area contributed by atoms with Crippen molar-refractivity contribution in [2.24, 2.45) is 0 Å². The van der Waals surface area contributed by atoms with Crippen molar-refractivity contribution in [1.82, 2.24) is 9.62 Å². The van der Waals surface area contributed by atoms with E-state index in [9.17, 15) is 18.0 Å². The Kier molecular flexibility index (Phi) is 8.99. The number of ether oxygens (including phenoxy) is 1. The number of hydrogen-bond acceptors (Lipinski definition) is 5. The Morgan fingerprint density at radius 2 is 1.49 bits per heavy atom. The summed E-state index contributed by atoms with van der Waals surface area (Å²) in [6.45, 7) is 5.11. The monoisotopic (exact) mass is 495 g/mol. The molecule has 0 aliphatic rings.